The zero-order chi connectivity index (χ0) is 22.0. The number of anilines is 2. The Bertz CT molecular complexity index is 1040. The molecule has 0 aliphatic carbocycles. The molecule has 2 aromatic rings. The average Bonchev–Trinajstić information content (AvgIpc) is 2.78. The second-order valence-electron chi connectivity index (χ2n) is 6.80. The van der Waals surface area contributed by atoms with Crippen molar-refractivity contribution in [3.8, 4) is 23.0 Å². The molecule has 10 nitrogen and oxygen atoms in total. The predicted octanol–water partition coefficient (Wildman–Crippen LogP) is 1.79. The molecule has 162 valence electrons. The van der Waals surface area contributed by atoms with Crippen LogP contribution in [0.4, 0.5) is 16.2 Å². The van der Waals surface area contributed by atoms with E-state index in [4.69, 9.17) is 18.9 Å². The van der Waals surface area contributed by atoms with Crippen molar-refractivity contribution in [1.29, 1.82) is 0 Å². The minimum atomic E-state index is -1.11. The van der Waals surface area contributed by atoms with E-state index in [1.165, 1.54) is 20.3 Å². The Hall–Kier alpha value is -3.95. The lowest BCUT2D eigenvalue weighted by Gasteiger charge is -2.31. The van der Waals surface area contributed by atoms with Gasteiger partial charge in [-0.25, -0.2) is 9.69 Å². The normalized spacial score (nSPS) is 17.6. The number of methoxy groups -OCH3 is 2. The van der Waals surface area contributed by atoms with Crippen molar-refractivity contribution in [2.24, 2.45) is 5.92 Å². The zero-order valence-corrected chi connectivity index (χ0v) is 17.0. The summed E-state index contributed by atoms with van der Waals surface area (Å²) in [6.07, 6.45) is 0. The van der Waals surface area contributed by atoms with Crippen molar-refractivity contribution >= 4 is 29.2 Å². The molecule has 0 spiro atoms. The molecule has 1 saturated heterocycles. The molecular weight excluding hydrogens is 406 g/mol. The van der Waals surface area contributed by atoms with Crippen LogP contribution in [0.2, 0.25) is 0 Å². The maximum Gasteiger partial charge on any atom is 0.328 e. The molecule has 1 atom stereocenters. The number of imide groups is 1. The van der Waals surface area contributed by atoms with E-state index in [-0.39, 0.29) is 12.2 Å². The fourth-order valence-electron chi connectivity index (χ4n) is 3.38. The number of hydrogen-bond donors (Lipinski definition) is 2. The van der Waals surface area contributed by atoms with Gasteiger partial charge in [-0.15, -0.1) is 0 Å². The number of hydrogen-bond acceptors (Lipinski definition) is 7. The number of carbonyl (C=O) groups excluding carboxylic acids is 3. The second-order valence-corrected chi connectivity index (χ2v) is 6.80. The largest absolute Gasteiger partial charge is 0.493 e. The van der Waals surface area contributed by atoms with Crippen molar-refractivity contribution in [1.82, 2.24) is 5.32 Å². The first kappa shape index (κ1) is 20.3. The molecule has 0 saturated carbocycles. The van der Waals surface area contributed by atoms with Gasteiger partial charge in [0.05, 0.1) is 19.9 Å². The van der Waals surface area contributed by atoms with Gasteiger partial charge in [0.2, 0.25) is 11.8 Å². The monoisotopic (exact) mass is 427 g/mol. The molecule has 1 fully saturated rings. The van der Waals surface area contributed by atoms with Gasteiger partial charge in [-0.2, -0.15) is 0 Å². The Balaban J connectivity index is 1.54. The first-order valence-corrected chi connectivity index (χ1v) is 9.56. The minimum absolute atomic E-state index is 0.113. The second kappa shape index (κ2) is 8.42. The molecule has 1 unspecified atom stereocenters. The number of amides is 4. The van der Waals surface area contributed by atoms with Crippen LogP contribution >= 0.6 is 0 Å². The van der Waals surface area contributed by atoms with Gasteiger partial charge in [-0.3, -0.25) is 9.59 Å². The van der Waals surface area contributed by atoms with Crippen molar-refractivity contribution in [3.05, 3.63) is 36.4 Å². The van der Waals surface area contributed by atoms with Gasteiger partial charge < -0.3 is 29.6 Å². The zero-order valence-electron chi connectivity index (χ0n) is 17.0. The lowest BCUT2D eigenvalue weighted by atomic mass is 10.0. The number of urea groups is 1. The highest BCUT2D eigenvalue weighted by Gasteiger charge is 2.40. The van der Waals surface area contributed by atoms with Crippen LogP contribution in [0, 0.1) is 5.92 Å². The summed E-state index contributed by atoms with van der Waals surface area (Å²) in [6.45, 7) is 0.761. The van der Waals surface area contributed by atoms with Crippen molar-refractivity contribution in [2.75, 3.05) is 44.2 Å². The number of benzene rings is 2. The highest BCUT2D eigenvalue weighted by molar-refractivity contribution is 6.23. The van der Waals surface area contributed by atoms with Gasteiger partial charge in [0, 0.05) is 24.4 Å². The molecule has 2 N–H and O–H groups in total. The standard InChI is InChI=1S/C21H21N3O7/c1-28-15-6-4-13(10-17(15)29-2)24-20(26)14(11-22-21(24)27)19(25)23-12-3-5-16-18(9-12)31-8-7-30-16/h3-6,9-10,14H,7-8,11H2,1-2H3,(H,22,27)(H,23,25). The Morgan fingerprint density at radius 1 is 1.03 bits per heavy atom. The lowest BCUT2D eigenvalue weighted by Crippen LogP contribution is -2.58. The Kier molecular flexibility index (Phi) is 5.52. The van der Waals surface area contributed by atoms with Gasteiger partial charge in [-0.05, 0) is 24.3 Å². The van der Waals surface area contributed by atoms with Crippen LogP contribution in [-0.2, 0) is 9.59 Å². The highest BCUT2D eigenvalue weighted by Crippen LogP contribution is 2.34. The predicted molar refractivity (Wildman–Crippen MR) is 110 cm³/mol. The Morgan fingerprint density at radius 2 is 1.77 bits per heavy atom. The van der Waals surface area contributed by atoms with Crippen molar-refractivity contribution in [2.45, 2.75) is 0 Å². The van der Waals surface area contributed by atoms with Crippen LogP contribution in [0.3, 0.4) is 0 Å². The van der Waals surface area contributed by atoms with E-state index in [1.807, 2.05) is 0 Å². The van der Waals surface area contributed by atoms with Crippen LogP contribution in [0.15, 0.2) is 36.4 Å². The molecule has 0 bridgehead atoms. The van der Waals surface area contributed by atoms with E-state index >= 15 is 0 Å². The van der Waals surface area contributed by atoms with Gasteiger partial charge in [-0.1, -0.05) is 0 Å². The molecule has 0 radical (unpaired) electrons. The van der Waals surface area contributed by atoms with Crippen LogP contribution < -0.4 is 34.5 Å². The molecule has 31 heavy (non-hydrogen) atoms. The summed E-state index contributed by atoms with van der Waals surface area (Å²) in [5, 5.41) is 5.28. The summed E-state index contributed by atoms with van der Waals surface area (Å²) >= 11 is 0. The summed E-state index contributed by atoms with van der Waals surface area (Å²) in [6, 6.07) is 8.96. The van der Waals surface area contributed by atoms with Crippen LogP contribution in [-0.4, -0.2) is 51.8 Å². The van der Waals surface area contributed by atoms with E-state index < -0.39 is 23.8 Å². The number of fused-ring (bicyclic) bond motifs is 1. The molecule has 4 amide bonds. The van der Waals surface area contributed by atoms with Gasteiger partial charge in [0.1, 0.15) is 19.1 Å². The molecule has 2 aromatic carbocycles. The van der Waals surface area contributed by atoms with Crippen molar-refractivity contribution < 1.29 is 33.3 Å². The number of carbonyl (C=O) groups is 3. The van der Waals surface area contributed by atoms with E-state index in [9.17, 15) is 14.4 Å². The fraction of sp³-hybridized carbons (Fsp3) is 0.286. The number of nitrogens with one attached hydrogen (secondary N) is 2. The van der Waals surface area contributed by atoms with Crippen molar-refractivity contribution in [3.63, 3.8) is 0 Å². The maximum absolute atomic E-state index is 13.0. The fourth-order valence-corrected chi connectivity index (χ4v) is 3.38. The third kappa shape index (κ3) is 3.91. The summed E-state index contributed by atoms with van der Waals surface area (Å²) < 4.78 is 21.4. The van der Waals surface area contributed by atoms with E-state index in [0.717, 1.165) is 4.90 Å². The van der Waals surface area contributed by atoms with Crippen LogP contribution in [0.1, 0.15) is 0 Å². The molecular formula is C21H21N3O7. The average molecular weight is 427 g/mol. The first-order valence-electron chi connectivity index (χ1n) is 9.56. The highest BCUT2D eigenvalue weighted by atomic mass is 16.6. The summed E-state index contributed by atoms with van der Waals surface area (Å²) in [4.78, 5) is 39.2. The molecule has 2 aliphatic heterocycles. The maximum atomic E-state index is 13.0. The third-order valence-corrected chi connectivity index (χ3v) is 4.93. The third-order valence-electron chi connectivity index (χ3n) is 4.93. The van der Waals surface area contributed by atoms with Crippen LogP contribution in [0.25, 0.3) is 0 Å². The number of ether oxygens (including phenoxy) is 4. The topological polar surface area (TPSA) is 115 Å². The summed E-state index contributed by atoms with van der Waals surface area (Å²) in [7, 11) is 2.93. The summed E-state index contributed by atoms with van der Waals surface area (Å²) in [5.74, 6) is -0.409. The van der Waals surface area contributed by atoms with E-state index in [0.29, 0.717) is 41.9 Å². The van der Waals surface area contributed by atoms with Gasteiger partial charge in [0.15, 0.2) is 23.0 Å². The Labute approximate surface area is 178 Å². The van der Waals surface area contributed by atoms with E-state index in [2.05, 4.69) is 10.6 Å². The van der Waals surface area contributed by atoms with E-state index in [1.54, 1.807) is 30.3 Å². The molecule has 0 aromatic heterocycles. The first-order chi connectivity index (χ1) is 15.0. The van der Waals surface area contributed by atoms with Gasteiger partial charge in [0.25, 0.3) is 0 Å². The number of rotatable bonds is 5. The van der Waals surface area contributed by atoms with Gasteiger partial charge >= 0.3 is 6.03 Å². The van der Waals surface area contributed by atoms with Crippen LogP contribution in [0.5, 0.6) is 23.0 Å². The SMILES string of the molecule is COc1ccc(N2C(=O)NCC(C(=O)Nc3ccc4c(c3)OCCO4)C2=O)cc1OC. The molecule has 2 aliphatic rings. The quantitative estimate of drug-likeness (QED) is 0.699. The smallest absolute Gasteiger partial charge is 0.328 e. The lowest BCUT2D eigenvalue weighted by molar-refractivity contribution is -0.130. The number of nitrogens with zero attached hydrogens (tertiary/aromatic N) is 1. The molecule has 4 rings (SSSR count). The molecule has 2 heterocycles. The minimum Gasteiger partial charge on any atom is -0.493 e. The summed E-state index contributed by atoms with van der Waals surface area (Å²) in [5.41, 5.74) is 0.716. The Morgan fingerprint density at radius 3 is 2.52 bits per heavy atom. The molecule has 10 heteroatoms.